The van der Waals surface area contributed by atoms with Crippen molar-refractivity contribution in [1.82, 2.24) is 4.90 Å². The monoisotopic (exact) mass is 319 g/mol. The van der Waals surface area contributed by atoms with Crippen molar-refractivity contribution in [2.24, 2.45) is 4.99 Å². The molecule has 1 saturated heterocycles. The van der Waals surface area contributed by atoms with Gasteiger partial charge in [0.05, 0.1) is 18.5 Å². The van der Waals surface area contributed by atoms with Crippen molar-refractivity contribution in [2.75, 3.05) is 18.9 Å². The molecule has 1 atom stereocenters. The molecule has 1 aliphatic rings. The molecule has 0 unspecified atom stereocenters. The van der Waals surface area contributed by atoms with Crippen molar-refractivity contribution in [2.45, 2.75) is 51.1 Å². The van der Waals surface area contributed by atoms with Crippen molar-refractivity contribution < 1.29 is 14.9 Å². The third kappa shape index (κ3) is 4.79. The maximum Gasteiger partial charge on any atom is 0.146 e. The number of aliphatic hydroxyl groups is 1. The third-order valence-corrected chi connectivity index (χ3v) is 4.67. The van der Waals surface area contributed by atoms with Crippen LogP contribution in [0, 0.1) is 0 Å². The largest absolute Gasteiger partial charge is 0.595 e. The fourth-order valence-electron chi connectivity index (χ4n) is 1.97. The van der Waals surface area contributed by atoms with Crippen LogP contribution < -0.4 is 5.11 Å². The second-order valence-corrected chi connectivity index (χ2v) is 7.96. The predicted molar refractivity (Wildman–Crippen MR) is 85.0 cm³/mol. The summed E-state index contributed by atoms with van der Waals surface area (Å²) < 4.78 is 5.12. The van der Waals surface area contributed by atoms with Gasteiger partial charge in [-0.3, -0.25) is 4.99 Å². The summed E-state index contributed by atoms with van der Waals surface area (Å²) in [5.41, 5.74) is -0.697. The first kappa shape index (κ1) is 17.5. The molecule has 1 rings (SSSR count). The van der Waals surface area contributed by atoms with Crippen LogP contribution >= 0.6 is 24.0 Å². The van der Waals surface area contributed by atoms with Crippen molar-refractivity contribution in [3.05, 3.63) is 0 Å². The van der Waals surface area contributed by atoms with Gasteiger partial charge in [-0.1, -0.05) is 33.0 Å². The van der Waals surface area contributed by atoms with Crippen molar-refractivity contribution in [1.29, 1.82) is 0 Å². The van der Waals surface area contributed by atoms with Crippen LogP contribution in [0.1, 0.15) is 34.6 Å². The van der Waals surface area contributed by atoms with Crippen molar-refractivity contribution in [3.63, 3.8) is 0 Å². The van der Waals surface area contributed by atoms with E-state index in [0.29, 0.717) is 4.99 Å². The molecule has 5 nitrogen and oxygen atoms in total. The van der Waals surface area contributed by atoms with Gasteiger partial charge in [0.25, 0.3) is 0 Å². The summed E-state index contributed by atoms with van der Waals surface area (Å²) in [5, 5.41) is 20.9. The Balaban J connectivity index is 2.68. The maximum atomic E-state index is 11.6. The second-order valence-electron chi connectivity index (χ2n) is 6.32. The fraction of sp³-hybridized carbons (Fsp3) is 0.846. The van der Waals surface area contributed by atoms with Gasteiger partial charge in [-0.25, -0.2) is 0 Å². The van der Waals surface area contributed by atoms with Crippen LogP contribution in [-0.4, -0.2) is 56.5 Å². The molecule has 1 N–H and O–H groups in total. The fourth-order valence-corrected chi connectivity index (χ4v) is 3.88. The zero-order valence-corrected chi connectivity index (χ0v) is 14.3. The number of aliphatic hydroxyl groups excluding tert-OH is 1. The van der Waals surface area contributed by atoms with Crippen LogP contribution in [0.25, 0.3) is 0 Å². The summed E-state index contributed by atoms with van der Waals surface area (Å²) in [4.78, 5) is 6.39. The zero-order valence-electron chi connectivity index (χ0n) is 12.7. The average Bonchev–Trinajstić information content (AvgIpc) is 2.59. The maximum absolute atomic E-state index is 11.6. The number of hydrogen-bond acceptors (Lipinski definition) is 6. The Bertz CT molecular complexity index is 392. The van der Waals surface area contributed by atoms with Crippen molar-refractivity contribution >= 4 is 35.1 Å². The summed E-state index contributed by atoms with van der Waals surface area (Å²) >= 11 is 7.03. The lowest BCUT2D eigenvalue weighted by molar-refractivity contribution is -0.260. The predicted octanol–water partition coefficient (Wildman–Crippen LogP) is 0.991. The molecule has 0 amide bonds. The van der Waals surface area contributed by atoms with Crippen LogP contribution in [0.4, 0.5) is 0 Å². The Morgan fingerprint density at radius 2 is 2.15 bits per heavy atom. The molecule has 0 aliphatic carbocycles. The molecule has 0 aromatic heterocycles. The molecule has 1 fully saturated rings. The zero-order chi connectivity index (χ0) is 15.6. The van der Waals surface area contributed by atoms with E-state index < -0.39 is 11.7 Å². The van der Waals surface area contributed by atoms with Gasteiger partial charge in [-0.05, 0) is 13.8 Å². The Morgan fingerprint density at radius 3 is 2.65 bits per heavy atom. The molecule has 20 heavy (non-hydrogen) atoms. The van der Waals surface area contributed by atoms with Crippen LogP contribution in [0.3, 0.4) is 0 Å². The summed E-state index contributed by atoms with van der Waals surface area (Å²) in [6.07, 6.45) is -0.606. The van der Waals surface area contributed by atoms with E-state index in [2.05, 4.69) is 18.8 Å². The Morgan fingerprint density at radius 1 is 1.55 bits per heavy atom. The highest BCUT2D eigenvalue weighted by atomic mass is 32.2. The molecule has 0 radical (unpaired) electrons. The number of ether oxygens (including phenoxy) is 1. The third-order valence-electron chi connectivity index (χ3n) is 2.73. The van der Waals surface area contributed by atoms with Crippen LogP contribution in [0.2, 0.25) is 0 Å². The minimum atomic E-state index is -0.606. The molecular weight excluding hydrogens is 296 g/mol. The second kappa shape index (κ2) is 6.49. The van der Waals surface area contributed by atoms with Gasteiger partial charge in [0, 0.05) is 16.9 Å². The van der Waals surface area contributed by atoms with Crippen LogP contribution in [0.5, 0.6) is 0 Å². The van der Waals surface area contributed by atoms with E-state index in [1.807, 2.05) is 4.90 Å². The quantitative estimate of drug-likeness (QED) is 0.475. The highest BCUT2D eigenvalue weighted by Gasteiger charge is 2.40. The summed E-state index contributed by atoms with van der Waals surface area (Å²) in [7, 11) is 0. The topological polar surface area (TPSA) is 68.1 Å². The minimum absolute atomic E-state index is 0.0284. The number of thiocarbonyl (C=S) groups is 1. The van der Waals surface area contributed by atoms with E-state index in [-0.39, 0.29) is 24.1 Å². The Kier molecular flexibility index (Phi) is 5.69. The lowest BCUT2D eigenvalue weighted by Gasteiger charge is -2.36. The summed E-state index contributed by atoms with van der Waals surface area (Å²) in [5.74, 6) is 0.880. The van der Waals surface area contributed by atoms with Gasteiger partial charge >= 0.3 is 0 Å². The number of nitrogens with zero attached hydrogens (tertiary/aromatic N) is 2. The highest BCUT2D eigenvalue weighted by Crippen LogP contribution is 2.36. The van der Waals surface area contributed by atoms with Crippen LogP contribution in [0.15, 0.2) is 4.99 Å². The molecule has 0 bridgehead atoms. The molecule has 116 valence electrons. The Hall–Kier alpha value is -0.530. The summed E-state index contributed by atoms with van der Waals surface area (Å²) in [6.45, 7) is 9.65. The molecule has 7 heteroatoms. The Labute approximate surface area is 130 Å². The molecule has 0 spiro atoms. The van der Waals surface area contributed by atoms with Crippen LogP contribution in [-0.2, 0) is 4.74 Å². The first-order valence-corrected chi connectivity index (χ1v) is 7.97. The molecule has 0 saturated carbocycles. The standard InChI is InChI=1S/C13H24N2O3S2/c1-12(2,3)18-11(17)14-6-9(19)15-10(7-16)20-8-13(15,4)5/h10,16H,6-8H2,1-5H3,(H,14,17)/p-1/t10-/m0/s1. The van der Waals surface area contributed by atoms with E-state index in [0.717, 1.165) is 5.75 Å². The first-order chi connectivity index (χ1) is 9.07. The number of aliphatic imine (C=N–C) groups is 1. The smallest absolute Gasteiger partial charge is 0.146 e. The van der Waals surface area contributed by atoms with Crippen molar-refractivity contribution in [3.8, 4) is 0 Å². The number of hydrogen-bond donors (Lipinski definition) is 1. The van der Waals surface area contributed by atoms with E-state index in [1.54, 1.807) is 32.5 Å². The van der Waals surface area contributed by atoms with Gasteiger partial charge < -0.3 is 19.8 Å². The minimum Gasteiger partial charge on any atom is -0.595 e. The molecule has 1 aliphatic heterocycles. The molecular formula is C13H23N2O3S2-. The SMILES string of the molecule is CC(C)(C)OC([O-])=NCC(=S)N1[C@H](CO)SCC1(C)C. The van der Waals surface area contributed by atoms with Gasteiger partial charge in [-0.15, -0.1) is 11.8 Å². The van der Waals surface area contributed by atoms with E-state index in [1.165, 1.54) is 0 Å². The van der Waals surface area contributed by atoms with E-state index >= 15 is 0 Å². The van der Waals surface area contributed by atoms with E-state index in [9.17, 15) is 10.2 Å². The lowest BCUT2D eigenvalue weighted by atomic mass is 10.1. The van der Waals surface area contributed by atoms with Gasteiger partial charge in [0.15, 0.2) is 0 Å². The number of rotatable bonds is 3. The highest BCUT2D eigenvalue weighted by molar-refractivity contribution is 8.00. The first-order valence-electron chi connectivity index (χ1n) is 6.52. The molecule has 1 heterocycles. The molecule has 0 aromatic rings. The lowest BCUT2D eigenvalue weighted by Crippen LogP contribution is -2.49. The number of thioether (sulfide) groups is 1. The normalized spacial score (nSPS) is 23.0. The molecule has 0 aromatic carbocycles. The summed E-state index contributed by atoms with van der Waals surface area (Å²) in [6, 6.07) is 0. The van der Waals surface area contributed by atoms with Gasteiger partial charge in [-0.2, -0.15) is 0 Å². The average molecular weight is 319 g/mol. The van der Waals surface area contributed by atoms with Gasteiger partial charge in [0.1, 0.15) is 11.1 Å². The van der Waals surface area contributed by atoms with Gasteiger partial charge in [0.2, 0.25) is 0 Å². The van der Waals surface area contributed by atoms with E-state index in [4.69, 9.17) is 17.0 Å².